The van der Waals surface area contributed by atoms with Gasteiger partial charge in [0.15, 0.2) is 10.1 Å². The van der Waals surface area contributed by atoms with Gasteiger partial charge in [0.2, 0.25) is 0 Å². The third-order valence-electron chi connectivity index (χ3n) is 2.78. The molecule has 20 heavy (non-hydrogen) atoms. The normalized spacial score (nSPS) is 10.6. The summed E-state index contributed by atoms with van der Waals surface area (Å²) in [6.07, 6.45) is 1.76. The standard InChI is InChI=1S/C15H12N2OS2/c18-14(12-7-4-8-16-12)10-20-15-17-13(9-19-15)11-5-2-1-3-6-11/h1-9,16H,10H2. The number of aromatic amines is 1. The van der Waals surface area contributed by atoms with Crippen molar-refractivity contribution in [3.05, 3.63) is 59.7 Å². The number of carbonyl (C=O) groups excluding carboxylic acids is 1. The number of Topliss-reactive ketones (excluding diaryl/α,β-unsaturated/α-hetero) is 1. The first kappa shape index (κ1) is 13.1. The third-order valence-corrected chi connectivity index (χ3v) is 4.80. The molecule has 100 valence electrons. The number of thioether (sulfide) groups is 1. The van der Waals surface area contributed by atoms with Gasteiger partial charge >= 0.3 is 0 Å². The molecule has 2 aromatic heterocycles. The minimum absolute atomic E-state index is 0.0939. The van der Waals surface area contributed by atoms with E-state index in [-0.39, 0.29) is 5.78 Å². The zero-order chi connectivity index (χ0) is 13.8. The number of nitrogens with zero attached hydrogens (tertiary/aromatic N) is 1. The average molecular weight is 300 g/mol. The second-order valence-corrected chi connectivity index (χ2v) is 6.24. The molecule has 0 unspecified atom stereocenters. The van der Waals surface area contributed by atoms with E-state index < -0.39 is 0 Å². The Hall–Kier alpha value is -1.85. The summed E-state index contributed by atoms with van der Waals surface area (Å²) in [6, 6.07) is 13.7. The molecular weight excluding hydrogens is 288 g/mol. The van der Waals surface area contributed by atoms with Crippen molar-refractivity contribution in [3.63, 3.8) is 0 Å². The molecule has 3 rings (SSSR count). The van der Waals surface area contributed by atoms with Gasteiger partial charge in [0.05, 0.1) is 17.1 Å². The van der Waals surface area contributed by atoms with Crippen LogP contribution in [0.2, 0.25) is 0 Å². The fraction of sp³-hybridized carbons (Fsp3) is 0.0667. The molecule has 3 aromatic rings. The maximum absolute atomic E-state index is 11.9. The molecule has 5 heteroatoms. The lowest BCUT2D eigenvalue weighted by Gasteiger charge is -1.96. The van der Waals surface area contributed by atoms with Crippen LogP contribution in [-0.4, -0.2) is 21.5 Å². The quantitative estimate of drug-likeness (QED) is 0.569. The number of H-pyrrole nitrogens is 1. The van der Waals surface area contributed by atoms with Crippen LogP contribution in [0.3, 0.4) is 0 Å². The van der Waals surface area contributed by atoms with E-state index in [1.807, 2.05) is 41.8 Å². The Morgan fingerprint density at radius 1 is 1.20 bits per heavy atom. The van der Waals surface area contributed by atoms with Crippen molar-refractivity contribution >= 4 is 28.9 Å². The highest BCUT2D eigenvalue weighted by molar-refractivity contribution is 8.01. The van der Waals surface area contributed by atoms with Crippen LogP contribution >= 0.6 is 23.1 Å². The van der Waals surface area contributed by atoms with E-state index in [1.54, 1.807) is 23.6 Å². The van der Waals surface area contributed by atoms with Crippen LogP contribution in [0.25, 0.3) is 11.3 Å². The van der Waals surface area contributed by atoms with Crippen LogP contribution < -0.4 is 0 Å². The summed E-state index contributed by atoms with van der Waals surface area (Å²) in [4.78, 5) is 19.4. The number of hydrogen-bond acceptors (Lipinski definition) is 4. The minimum atomic E-state index is 0.0939. The van der Waals surface area contributed by atoms with E-state index in [4.69, 9.17) is 0 Å². The van der Waals surface area contributed by atoms with E-state index in [9.17, 15) is 4.79 Å². The second-order valence-electron chi connectivity index (χ2n) is 4.16. The highest BCUT2D eigenvalue weighted by atomic mass is 32.2. The molecule has 0 aliphatic rings. The van der Waals surface area contributed by atoms with E-state index in [0.29, 0.717) is 11.4 Å². The van der Waals surface area contributed by atoms with Gasteiger partial charge in [-0.3, -0.25) is 4.79 Å². The highest BCUT2D eigenvalue weighted by Gasteiger charge is 2.10. The van der Waals surface area contributed by atoms with Gasteiger partial charge in [-0.1, -0.05) is 42.1 Å². The molecule has 0 aliphatic carbocycles. The summed E-state index contributed by atoms with van der Waals surface area (Å²) in [6.45, 7) is 0. The van der Waals surface area contributed by atoms with E-state index in [1.165, 1.54) is 11.8 Å². The molecule has 0 atom stereocenters. The molecule has 0 spiro atoms. The largest absolute Gasteiger partial charge is 0.359 e. The summed E-state index contributed by atoms with van der Waals surface area (Å²) < 4.78 is 0.920. The zero-order valence-electron chi connectivity index (χ0n) is 10.6. The predicted octanol–water partition coefficient (Wildman–Crippen LogP) is 4.11. The Morgan fingerprint density at radius 2 is 2.05 bits per heavy atom. The summed E-state index contributed by atoms with van der Waals surface area (Å²) in [5, 5.41) is 2.02. The fourth-order valence-electron chi connectivity index (χ4n) is 1.77. The summed E-state index contributed by atoms with van der Waals surface area (Å²) in [5.74, 6) is 0.499. The number of rotatable bonds is 5. The molecule has 0 fully saturated rings. The number of carbonyl (C=O) groups is 1. The molecule has 1 N–H and O–H groups in total. The van der Waals surface area contributed by atoms with Crippen molar-refractivity contribution in [1.29, 1.82) is 0 Å². The number of ketones is 1. The maximum atomic E-state index is 11.9. The number of nitrogens with one attached hydrogen (secondary N) is 1. The average Bonchev–Trinajstić information content (AvgIpc) is 3.17. The van der Waals surface area contributed by atoms with Gasteiger partial charge in [0.25, 0.3) is 0 Å². The Bertz CT molecular complexity index is 690. The summed E-state index contributed by atoms with van der Waals surface area (Å²) in [7, 11) is 0. The van der Waals surface area contributed by atoms with Crippen LogP contribution in [0, 0.1) is 0 Å². The molecule has 3 nitrogen and oxygen atoms in total. The first-order valence-electron chi connectivity index (χ1n) is 6.13. The smallest absolute Gasteiger partial charge is 0.189 e. The molecule has 0 aliphatic heterocycles. The number of benzene rings is 1. The molecule has 0 radical (unpaired) electrons. The van der Waals surface area contributed by atoms with Gasteiger partial charge in [-0.2, -0.15) is 0 Å². The van der Waals surface area contributed by atoms with E-state index in [0.717, 1.165) is 15.6 Å². The lowest BCUT2D eigenvalue weighted by Crippen LogP contribution is -2.02. The number of thiazole rings is 1. The second kappa shape index (κ2) is 6.07. The Kier molecular flexibility index (Phi) is 3.99. The van der Waals surface area contributed by atoms with Crippen LogP contribution in [0.5, 0.6) is 0 Å². The monoisotopic (exact) mass is 300 g/mol. The van der Waals surface area contributed by atoms with Crippen molar-refractivity contribution < 1.29 is 4.79 Å². The van der Waals surface area contributed by atoms with E-state index in [2.05, 4.69) is 9.97 Å². The topological polar surface area (TPSA) is 45.8 Å². The molecule has 0 bridgehead atoms. The summed E-state index contributed by atoms with van der Waals surface area (Å²) in [5.41, 5.74) is 2.72. The predicted molar refractivity (Wildman–Crippen MR) is 83.4 cm³/mol. The Morgan fingerprint density at radius 3 is 2.80 bits per heavy atom. The summed E-state index contributed by atoms with van der Waals surface area (Å²) >= 11 is 3.05. The van der Waals surface area contributed by atoms with Crippen LogP contribution in [0.15, 0.2) is 58.4 Å². The van der Waals surface area contributed by atoms with Crippen molar-refractivity contribution in [2.75, 3.05) is 5.75 Å². The van der Waals surface area contributed by atoms with Gasteiger partial charge in [0.1, 0.15) is 0 Å². The molecule has 2 heterocycles. The number of aromatic nitrogens is 2. The van der Waals surface area contributed by atoms with Crippen molar-refractivity contribution in [2.45, 2.75) is 4.34 Å². The Labute approximate surface area is 125 Å². The molecule has 0 saturated heterocycles. The van der Waals surface area contributed by atoms with Gasteiger partial charge in [0, 0.05) is 17.1 Å². The first-order valence-corrected chi connectivity index (χ1v) is 8.00. The van der Waals surface area contributed by atoms with E-state index >= 15 is 0 Å². The van der Waals surface area contributed by atoms with Gasteiger partial charge < -0.3 is 4.98 Å². The van der Waals surface area contributed by atoms with Gasteiger partial charge in [-0.15, -0.1) is 11.3 Å². The molecule has 0 saturated carbocycles. The molecule has 0 amide bonds. The minimum Gasteiger partial charge on any atom is -0.359 e. The SMILES string of the molecule is O=C(CSc1nc(-c2ccccc2)cs1)c1ccc[nH]1. The molecular formula is C15H12N2OS2. The van der Waals surface area contributed by atoms with Gasteiger partial charge in [-0.25, -0.2) is 4.98 Å². The van der Waals surface area contributed by atoms with Crippen molar-refractivity contribution in [3.8, 4) is 11.3 Å². The molecule has 1 aromatic carbocycles. The van der Waals surface area contributed by atoms with Crippen molar-refractivity contribution in [1.82, 2.24) is 9.97 Å². The van der Waals surface area contributed by atoms with Crippen LogP contribution in [0.1, 0.15) is 10.5 Å². The fourth-order valence-corrected chi connectivity index (χ4v) is 3.49. The lowest BCUT2D eigenvalue weighted by molar-refractivity contribution is 0.101. The number of hydrogen-bond donors (Lipinski definition) is 1. The lowest BCUT2D eigenvalue weighted by atomic mass is 10.2. The third kappa shape index (κ3) is 3.00. The Balaban J connectivity index is 1.65. The van der Waals surface area contributed by atoms with Crippen LogP contribution in [0.4, 0.5) is 0 Å². The van der Waals surface area contributed by atoms with Crippen molar-refractivity contribution in [2.24, 2.45) is 0 Å². The zero-order valence-corrected chi connectivity index (χ0v) is 12.2. The first-order chi connectivity index (χ1) is 9.83. The highest BCUT2D eigenvalue weighted by Crippen LogP contribution is 2.28. The maximum Gasteiger partial charge on any atom is 0.189 e. The van der Waals surface area contributed by atoms with Gasteiger partial charge in [-0.05, 0) is 12.1 Å². The van der Waals surface area contributed by atoms with Crippen LogP contribution in [-0.2, 0) is 0 Å².